The summed E-state index contributed by atoms with van der Waals surface area (Å²) in [6, 6.07) is 24.7. The van der Waals surface area contributed by atoms with Crippen LogP contribution in [0.1, 0.15) is 31.9 Å². The number of aliphatic hydroxyl groups excluding tert-OH is 1. The summed E-state index contributed by atoms with van der Waals surface area (Å²) in [4.78, 5) is 43.6. The van der Waals surface area contributed by atoms with Crippen LogP contribution in [0.2, 0.25) is 5.02 Å². The van der Waals surface area contributed by atoms with Crippen molar-refractivity contribution in [2.75, 3.05) is 37.6 Å². The highest BCUT2D eigenvalue weighted by Crippen LogP contribution is 2.26. The Hall–Kier alpha value is -3.92. The van der Waals surface area contributed by atoms with Crippen molar-refractivity contribution in [1.82, 2.24) is 20.9 Å². The highest BCUT2D eigenvalue weighted by atomic mass is 35.5. The van der Waals surface area contributed by atoms with E-state index in [2.05, 4.69) is 25.8 Å². The molecule has 4 rings (SSSR count). The van der Waals surface area contributed by atoms with E-state index in [4.69, 9.17) is 11.6 Å². The Labute approximate surface area is 277 Å². The fraction of sp³-hybridized carbons (Fsp3) is 0.417. The van der Waals surface area contributed by atoms with Crippen molar-refractivity contribution < 1.29 is 19.5 Å². The zero-order chi connectivity index (χ0) is 33.1. The summed E-state index contributed by atoms with van der Waals surface area (Å²) in [5, 5.41) is 21.0. The van der Waals surface area contributed by atoms with Gasteiger partial charge in [-0.2, -0.15) is 0 Å². The molecule has 0 saturated carbocycles. The second-order valence-electron chi connectivity index (χ2n) is 12.3. The fourth-order valence-electron chi connectivity index (χ4n) is 5.78. The number of hydrogen-bond acceptors (Lipinski definition) is 6. The summed E-state index contributed by atoms with van der Waals surface area (Å²) < 4.78 is 0. The molecule has 3 aromatic carbocycles. The van der Waals surface area contributed by atoms with Crippen molar-refractivity contribution in [2.24, 2.45) is 5.92 Å². The minimum atomic E-state index is -0.922. The van der Waals surface area contributed by atoms with E-state index in [1.165, 1.54) is 6.92 Å². The molecule has 10 heteroatoms. The number of rotatable bonds is 14. The van der Waals surface area contributed by atoms with E-state index in [1.807, 2.05) is 98.8 Å². The molecule has 4 atom stereocenters. The highest BCUT2D eigenvalue weighted by Gasteiger charge is 2.32. The van der Waals surface area contributed by atoms with Crippen LogP contribution in [-0.4, -0.2) is 84.7 Å². The molecule has 1 aliphatic rings. The number of amides is 3. The normalized spacial score (nSPS) is 16.3. The third-order valence-electron chi connectivity index (χ3n) is 8.32. The summed E-state index contributed by atoms with van der Waals surface area (Å²) in [6.07, 6.45) is -0.201. The van der Waals surface area contributed by atoms with Gasteiger partial charge in [0, 0.05) is 46.1 Å². The molecule has 0 aromatic heterocycles. The Balaban J connectivity index is 1.49. The monoisotopic (exact) mass is 647 g/mol. The van der Waals surface area contributed by atoms with Crippen LogP contribution in [0.25, 0.3) is 0 Å². The summed E-state index contributed by atoms with van der Waals surface area (Å²) >= 11 is 6.43. The van der Waals surface area contributed by atoms with E-state index >= 15 is 0 Å². The van der Waals surface area contributed by atoms with Crippen molar-refractivity contribution >= 4 is 35.0 Å². The number of aliphatic hydroxyl groups is 1. The molecule has 0 unspecified atom stereocenters. The topological polar surface area (TPSA) is 114 Å². The molecule has 0 spiro atoms. The lowest BCUT2D eigenvalue weighted by molar-refractivity contribution is -0.133. The predicted octanol–water partition coefficient (Wildman–Crippen LogP) is 3.44. The molecule has 1 fully saturated rings. The molecule has 246 valence electrons. The zero-order valence-electron chi connectivity index (χ0n) is 26.9. The Bertz CT molecular complexity index is 1420. The van der Waals surface area contributed by atoms with Crippen molar-refractivity contribution in [2.45, 2.75) is 57.8 Å². The highest BCUT2D eigenvalue weighted by molar-refractivity contribution is 6.33. The number of carbonyl (C=O) groups excluding carboxylic acids is 3. The van der Waals surface area contributed by atoms with Gasteiger partial charge < -0.3 is 26.0 Å². The zero-order valence-corrected chi connectivity index (χ0v) is 27.6. The second-order valence-corrected chi connectivity index (χ2v) is 12.7. The minimum Gasteiger partial charge on any atom is -0.390 e. The predicted molar refractivity (Wildman–Crippen MR) is 183 cm³/mol. The Morgan fingerprint density at radius 1 is 0.761 bits per heavy atom. The SMILES string of the molecule is CC(=O)N[C@H](C(=O)N[C@@H](Cc1ccccc1)C(=O)N[C@@H](Cc1ccccc1)[C@@H](O)CN1CCN(c2ccccc2Cl)CC1)C(C)C. The number of carbonyl (C=O) groups is 3. The second kappa shape index (κ2) is 17.1. The molecule has 4 N–H and O–H groups in total. The van der Waals surface area contributed by atoms with Gasteiger partial charge in [0.05, 0.1) is 22.9 Å². The molecule has 0 aliphatic carbocycles. The van der Waals surface area contributed by atoms with Crippen molar-refractivity contribution in [3.63, 3.8) is 0 Å². The number of anilines is 1. The van der Waals surface area contributed by atoms with E-state index in [-0.39, 0.29) is 18.2 Å². The Kier molecular flexibility index (Phi) is 13.0. The van der Waals surface area contributed by atoms with Gasteiger partial charge in [0.25, 0.3) is 0 Å². The summed E-state index contributed by atoms with van der Waals surface area (Å²) in [6.45, 7) is 8.43. The number of nitrogens with one attached hydrogen (secondary N) is 3. The minimum absolute atomic E-state index is 0.185. The first-order chi connectivity index (χ1) is 22.1. The number of piperazine rings is 1. The molecule has 3 aromatic rings. The lowest BCUT2D eigenvalue weighted by Gasteiger charge is -2.38. The maximum atomic E-state index is 14.0. The van der Waals surface area contributed by atoms with E-state index in [0.717, 1.165) is 48.0 Å². The summed E-state index contributed by atoms with van der Waals surface area (Å²) in [5.74, 6) is -1.34. The van der Waals surface area contributed by atoms with Gasteiger partial charge >= 0.3 is 0 Å². The first kappa shape index (κ1) is 34.9. The molecular weight excluding hydrogens is 602 g/mol. The van der Waals surface area contributed by atoms with E-state index in [0.29, 0.717) is 13.0 Å². The fourth-order valence-corrected chi connectivity index (χ4v) is 6.04. The number of nitrogens with zero attached hydrogens (tertiary/aromatic N) is 2. The van der Waals surface area contributed by atoms with Crippen molar-refractivity contribution in [1.29, 1.82) is 0 Å². The van der Waals surface area contributed by atoms with Crippen LogP contribution in [0, 0.1) is 5.92 Å². The number of hydrogen-bond donors (Lipinski definition) is 4. The van der Waals surface area contributed by atoms with Crippen molar-refractivity contribution in [3.8, 4) is 0 Å². The number of β-amino-alcohol motifs (C(OH)–C–C–N with tert-alkyl or cyclic N) is 1. The summed E-state index contributed by atoms with van der Waals surface area (Å²) in [5.41, 5.74) is 2.85. The van der Waals surface area contributed by atoms with Gasteiger partial charge in [-0.3, -0.25) is 19.3 Å². The average Bonchev–Trinajstić information content (AvgIpc) is 3.04. The van der Waals surface area contributed by atoms with Gasteiger partial charge in [0.2, 0.25) is 17.7 Å². The average molecular weight is 648 g/mol. The van der Waals surface area contributed by atoms with Gasteiger partial charge in [0.1, 0.15) is 12.1 Å². The van der Waals surface area contributed by atoms with Crippen LogP contribution in [0.4, 0.5) is 5.69 Å². The summed E-state index contributed by atoms with van der Waals surface area (Å²) in [7, 11) is 0. The lowest BCUT2D eigenvalue weighted by Crippen LogP contribution is -2.59. The van der Waals surface area contributed by atoms with Crippen LogP contribution in [0.5, 0.6) is 0 Å². The Morgan fingerprint density at radius 3 is 1.89 bits per heavy atom. The van der Waals surface area contributed by atoms with Gasteiger partial charge in [-0.25, -0.2) is 0 Å². The first-order valence-corrected chi connectivity index (χ1v) is 16.3. The largest absolute Gasteiger partial charge is 0.390 e. The maximum Gasteiger partial charge on any atom is 0.243 e. The molecule has 9 nitrogen and oxygen atoms in total. The smallest absolute Gasteiger partial charge is 0.243 e. The van der Waals surface area contributed by atoms with Crippen LogP contribution >= 0.6 is 11.6 Å². The molecule has 1 heterocycles. The number of para-hydroxylation sites is 1. The van der Waals surface area contributed by atoms with Gasteiger partial charge in [-0.1, -0.05) is 98.2 Å². The van der Waals surface area contributed by atoms with Gasteiger partial charge in [-0.05, 0) is 35.6 Å². The molecule has 0 bridgehead atoms. The van der Waals surface area contributed by atoms with E-state index in [1.54, 1.807) is 0 Å². The van der Waals surface area contributed by atoms with Crippen LogP contribution in [0.15, 0.2) is 84.9 Å². The molecule has 1 saturated heterocycles. The number of halogens is 1. The molecule has 1 aliphatic heterocycles. The third kappa shape index (κ3) is 10.3. The van der Waals surface area contributed by atoms with Crippen molar-refractivity contribution in [3.05, 3.63) is 101 Å². The number of benzene rings is 3. The standard InChI is InChI=1S/C36H46ClN5O4/c1-25(2)34(38-26(3)43)36(46)40-31(23-28-14-8-5-9-15-28)35(45)39-30(22-27-12-6-4-7-13-27)33(44)24-41-18-20-42(21-19-41)32-17-11-10-16-29(32)37/h4-17,25,30-31,33-34,44H,18-24H2,1-3H3,(H,38,43)(H,39,45)(H,40,46)/t30-,31-,33-,34-/m0/s1. The molecule has 3 amide bonds. The van der Waals surface area contributed by atoms with Gasteiger partial charge in [0.15, 0.2) is 0 Å². The Morgan fingerprint density at radius 2 is 1.33 bits per heavy atom. The van der Waals surface area contributed by atoms with Gasteiger partial charge in [-0.15, -0.1) is 0 Å². The first-order valence-electron chi connectivity index (χ1n) is 16.0. The molecular formula is C36H46ClN5O4. The van der Waals surface area contributed by atoms with Crippen LogP contribution in [-0.2, 0) is 27.2 Å². The van der Waals surface area contributed by atoms with Crippen LogP contribution < -0.4 is 20.9 Å². The molecule has 0 radical (unpaired) electrons. The van der Waals surface area contributed by atoms with E-state index < -0.39 is 36.0 Å². The lowest BCUT2D eigenvalue weighted by atomic mass is 9.98. The van der Waals surface area contributed by atoms with Crippen LogP contribution in [0.3, 0.4) is 0 Å². The molecule has 46 heavy (non-hydrogen) atoms. The quantitative estimate of drug-likeness (QED) is 0.213. The maximum absolute atomic E-state index is 14.0. The van der Waals surface area contributed by atoms with E-state index in [9.17, 15) is 19.5 Å². The third-order valence-corrected chi connectivity index (χ3v) is 8.64.